The number of hydrogen-bond donors (Lipinski definition) is 1. The first-order valence-corrected chi connectivity index (χ1v) is 9.97. The van der Waals surface area contributed by atoms with Gasteiger partial charge in [-0.1, -0.05) is 41.5 Å². The Balaban J connectivity index is 1.91. The SMILES string of the molecule is CSc1nnc(CCCN=Cc2cc(Br)ccc2O)n1CC(C)C. The molecule has 0 amide bonds. The van der Waals surface area contributed by atoms with Crippen molar-refractivity contribution >= 4 is 33.9 Å². The van der Waals surface area contributed by atoms with Crippen LogP contribution in [0.2, 0.25) is 0 Å². The predicted molar refractivity (Wildman–Crippen MR) is 103 cm³/mol. The molecule has 24 heavy (non-hydrogen) atoms. The summed E-state index contributed by atoms with van der Waals surface area (Å²) >= 11 is 5.02. The summed E-state index contributed by atoms with van der Waals surface area (Å²) in [4.78, 5) is 4.41. The Morgan fingerprint density at radius 1 is 1.38 bits per heavy atom. The van der Waals surface area contributed by atoms with Crippen LogP contribution in [0, 0.1) is 5.92 Å². The Hall–Kier alpha value is -1.34. The highest BCUT2D eigenvalue weighted by Crippen LogP contribution is 2.20. The van der Waals surface area contributed by atoms with Crippen molar-refractivity contribution in [3.63, 3.8) is 0 Å². The molecular weight excluding hydrogens is 388 g/mol. The van der Waals surface area contributed by atoms with Gasteiger partial charge in [-0.25, -0.2) is 0 Å². The number of benzene rings is 1. The molecule has 2 rings (SSSR count). The van der Waals surface area contributed by atoms with Crippen molar-refractivity contribution in [2.24, 2.45) is 10.9 Å². The van der Waals surface area contributed by atoms with Crippen LogP contribution in [0.5, 0.6) is 5.75 Å². The number of aromatic hydroxyl groups is 1. The average molecular weight is 411 g/mol. The molecule has 130 valence electrons. The van der Waals surface area contributed by atoms with E-state index in [1.165, 1.54) is 0 Å². The lowest BCUT2D eigenvalue weighted by molar-refractivity contribution is 0.474. The third kappa shape index (κ3) is 5.34. The minimum absolute atomic E-state index is 0.239. The van der Waals surface area contributed by atoms with Crippen molar-refractivity contribution in [2.75, 3.05) is 12.8 Å². The summed E-state index contributed by atoms with van der Waals surface area (Å²) < 4.78 is 3.13. The number of nitrogens with zero attached hydrogens (tertiary/aromatic N) is 4. The summed E-state index contributed by atoms with van der Waals surface area (Å²) in [5.74, 6) is 1.82. The van der Waals surface area contributed by atoms with E-state index < -0.39 is 0 Å². The minimum Gasteiger partial charge on any atom is -0.507 e. The molecule has 0 radical (unpaired) electrons. The van der Waals surface area contributed by atoms with E-state index in [2.05, 4.69) is 49.5 Å². The van der Waals surface area contributed by atoms with Crippen LogP contribution in [0.4, 0.5) is 0 Å². The number of aromatic nitrogens is 3. The van der Waals surface area contributed by atoms with Gasteiger partial charge in [-0.2, -0.15) is 0 Å². The number of phenols is 1. The van der Waals surface area contributed by atoms with Crippen LogP contribution in [0.25, 0.3) is 0 Å². The van der Waals surface area contributed by atoms with Gasteiger partial charge in [0.15, 0.2) is 5.16 Å². The van der Waals surface area contributed by atoms with Gasteiger partial charge >= 0.3 is 0 Å². The maximum absolute atomic E-state index is 9.78. The van der Waals surface area contributed by atoms with Crippen molar-refractivity contribution < 1.29 is 5.11 Å². The van der Waals surface area contributed by atoms with Crippen molar-refractivity contribution in [3.05, 3.63) is 34.1 Å². The summed E-state index contributed by atoms with van der Waals surface area (Å²) in [7, 11) is 0. The molecule has 5 nitrogen and oxygen atoms in total. The van der Waals surface area contributed by atoms with Crippen LogP contribution in [0.1, 0.15) is 31.7 Å². The largest absolute Gasteiger partial charge is 0.507 e. The monoisotopic (exact) mass is 410 g/mol. The Bertz CT molecular complexity index is 700. The van der Waals surface area contributed by atoms with E-state index in [9.17, 15) is 5.11 Å². The van der Waals surface area contributed by atoms with E-state index in [4.69, 9.17) is 0 Å². The van der Waals surface area contributed by atoms with Crippen molar-refractivity contribution in [1.82, 2.24) is 14.8 Å². The van der Waals surface area contributed by atoms with E-state index in [0.29, 0.717) is 12.5 Å². The standard InChI is InChI=1S/C17H23BrN4OS/c1-12(2)11-22-16(20-21-17(22)24-3)5-4-8-19-10-13-9-14(18)6-7-15(13)23/h6-7,9-10,12,23H,4-5,8,11H2,1-3H3. The molecule has 1 heterocycles. The van der Waals surface area contributed by atoms with Crippen LogP contribution >= 0.6 is 27.7 Å². The van der Waals surface area contributed by atoms with E-state index >= 15 is 0 Å². The Labute approximate surface area is 155 Å². The summed E-state index contributed by atoms with van der Waals surface area (Å²) in [6.07, 6.45) is 5.49. The minimum atomic E-state index is 0.239. The molecule has 0 bridgehead atoms. The molecule has 0 aliphatic heterocycles. The second-order valence-electron chi connectivity index (χ2n) is 5.95. The van der Waals surface area contributed by atoms with Crippen LogP contribution in [-0.4, -0.2) is 38.9 Å². The van der Waals surface area contributed by atoms with Gasteiger partial charge in [0.25, 0.3) is 0 Å². The zero-order valence-corrected chi connectivity index (χ0v) is 16.6. The summed E-state index contributed by atoms with van der Waals surface area (Å²) in [5, 5.41) is 19.3. The Morgan fingerprint density at radius 2 is 2.17 bits per heavy atom. The first kappa shape index (κ1) is 19.0. The fraction of sp³-hybridized carbons (Fsp3) is 0.471. The molecule has 1 aromatic heterocycles. The van der Waals surface area contributed by atoms with Crippen molar-refractivity contribution in [1.29, 1.82) is 0 Å². The number of thioether (sulfide) groups is 1. The molecule has 0 atom stereocenters. The molecule has 0 aliphatic rings. The smallest absolute Gasteiger partial charge is 0.190 e. The van der Waals surface area contributed by atoms with Crippen LogP contribution < -0.4 is 0 Å². The quantitative estimate of drug-likeness (QED) is 0.402. The van der Waals surface area contributed by atoms with Gasteiger partial charge in [0.2, 0.25) is 0 Å². The number of rotatable bonds is 8. The number of aliphatic imine (C=N–C) groups is 1. The highest BCUT2D eigenvalue weighted by atomic mass is 79.9. The molecule has 1 aromatic carbocycles. The summed E-state index contributed by atoms with van der Waals surface area (Å²) in [5.41, 5.74) is 0.719. The first-order valence-electron chi connectivity index (χ1n) is 7.95. The molecule has 0 unspecified atom stereocenters. The number of hydrogen-bond acceptors (Lipinski definition) is 5. The normalized spacial score (nSPS) is 11.7. The zero-order valence-electron chi connectivity index (χ0n) is 14.2. The zero-order chi connectivity index (χ0) is 17.5. The highest BCUT2D eigenvalue weighted by Gasteiger charge is 2.12. The fourth-order valence-electron chi connectivity index (χ4n) is 2.32. The molecule has 0 saturated heterocycles. The van der Waals surface area contributed by atoms with Gasteiger partial charge in [0.1, 0.15) is 11.6 Å². The van der Waals surface area contributed by atoms with Crippen LogP contribution in [-0.2, 0) is 13.0 Å². The molecular formula is C17H23BrN4OS. The van der Waals surface area contributed by atoms with Crippen LogP contribution in [0.3, 0.4) is 0 Å². The lowest BCUT2D eigenvalue weighted by Crippen LogP contribution is -2.10. The number of aryl methyl sites for hydroxylation is 1. The molecule has 0 spiro atoms. The molecule has 1 N–H and O–H groups in total. The predicted octanol–water partition coefficient (Wildman–Crippen LogP) is 4.18. The molecule has 0 aliphatic carbocycles. The second kappa shape index (κ2) is 9.22. The van der Waals surface area contributed by atoms with Gasteiger partial charge < -0.3 is 9.67 Å². The van der Waals surface area contributed by atoms with Gasteiger partial charge in [-0.3, -0.25) is 4.99 Å². The summed E-state index contributed by atoms with van der Waals surface area (Å²) in [6, 6.07) is 5.31. The third-order valence-corrected chi connectivity index (χ3v) is 4.59. The van der Waals surface area contributed by atoms with E-state index in [0.717, 1.165) is 40.4 Å². The lowest BCUT2D eigenvalue weighted by atomic mass is 10.2. The van der Waals surface area contributed by atoms with Gasteiger partial charge in [0.05, 0.1) is 0 Å². The van der Waals surface area contributed by atoms with Crippen LogP contribution in [0.15, 0.2) is 32.8 Å². The van der Waals surface area contributed by atoms with Gasteiger partial charge in [-0.15, -0.1) is 10.2 Å². The molecule has 0 saturated carbocycles. The second-order valence-corrected chi connectivity index (χ2v) is 7.64. The first-order chi connectivity index (χ1) is 11.5. The number of halogens is 1. The third-order valence-electron chi connectivity index (χ3n) is 3.43. The van der Waals surface area contributed by atoms with E-state index in [1.54, 1.807) is 30.1 Å². The molecule has 0 fully saturated rings. The van der Waals surface area contributed by atoms with E-state index in [1.807, 2.05) is 12.3 Å². The van der Waals surface area contributed by atoms with Crippen molar-refractivity contribution in [3.8, 4) is 5.75 Å². The number of phenolic OH excluding ortho intramolecular Hbond substituents is 1. The fourth-order valence-corrected chi connectivity index (χ4v) is 3.23. The Morgan fingerprint density at radius 3 is 2.88 bits per heavy atom. The lowest BCUT2D eigenvalue weighted by Gasteiger charge is -2.11. The topological polar surface area (TPSA) is 63.3 Å². The summed E-state index contributed by atoms with van der Waals surface area (Å²) in [6.45, 7) is 6.02. The highest BCUT2D eigenvalue weighted by molar-refractivity contribution is 9.10. The van der Waals surface area contributed by atoms with Crippen molar-refractivity contribution in [2.45, 2.75) is 38.4 Å². The van der Waals surface area contributed by atoms with E-state index in [-0.39, 0.29) is 5.75 Å². The maximum atomic E-state index is 9.78. The molecule has 2 aromatic rings. The van der Waals surface area contributed by atoms with Gasteiger partial charge in [0, 0.05) is 35.8 Å². The Kier molecular flexibility index (Phi) is 7.30. The maximum Gasteiger partial charge on any atom is 0.190 e. The average Bonchev–Trinajstić information content (AvgIpc) is 2.91. The molecule has 7 heteroatoms. The van der Waals surface area contributed by atoms with Gasteiger partial charge in [-0.05, 0) is 36.8 Å².